The smallest absolute Gasteiger partial charge is 0.162 e. The Morgan fingerprint density at radius 1 is 1.07 bits per heavy atom. The lowest BCUT2D eigenvalue weighted by molar-refractivity contribution is 0.0712. The second-order valence-electron chi connectivity index (χ2n) is 7.32. The molecule has 0 saturated carbocycles. The van der Waals surface area contributed by atoms with E-state index in [1.54, 1.807) is 11.3 Å². The minimum Gasteiger partial charge on any atom is -0.377 e. The van der Waals surface area contributed by atoms with Crippen LogP contribution in [0, 0.1) is 0 Å². The molecule has 5 rings (SSSR count). The van der Waals surface area contributed by atoms with Gasteiger partial charge >= 0.3 is 0 Å². The molecule has 2 saturated heterocycles. The predicted molar refractivity (Wildman–Crippen MR) is 110 cm³/mol. The molecule has 1 unspecified atom stereocenters. The van der Waals surface area contributed by atoms with Gasteiger partial charge in [0.2, 0.25) is 0 Å². The molecule has 27 heavy (non-hydrogen) atoms. The Morgan fingerprint density at radius 2 is 1.96 bits per heavy atom. The number of para-hydroxylation sites is 1. The van der Waals surface area contributed by atoms with Crippen LogP contribution in [0.4, 0.5) is 5.82 Å². The molecule has 2 aromatic heterocycles. The van der Waals surface area contributed by atoms with Crippen LogP contribution in [0.3, 0.4) is 0 Å². The SMILES string of the molecule is c1ccc2c(N3CCN(CC4CCCO4)CC3)nc(-c3ccsc3)nc2c1. The van der Waals surface area contributed by atoms with Crippen LogP contribution in [-0.2, 0) is 4.74 Å². The minimum absolute atomic E-state index is 0.432. The van der Waals surface area contributed by atoms with E-state index in [0.717, 1.165) is 67.4 Å². The zero-order chi connectivity index (χ0) is 18.1. The number of anilines is 1. The summed E-state index contributed by atoms with van der Waals surface area (Å²) in [7, 11) is 0. The van der Waals surface area contributed by atoms with Gasteiger partial charge in [-0.25, -0.2) is 9.97 Å². The van der Waals surface area contributed by atoms with Crippen molar-refractivity contribution in [3.8, 4) is 11.4 Å². The topological polar surface area (TPSA) is 41.5 Å². The van der Waals surface area contributed by atoms with Gasteiger partial charge in [-0.3, -0.25) is 4.90 Å². The summed E-state index contributed by atoms with van der Waals surface area (Å²) in [5.41, 5.74) is 2.12. The Balaban J connectivity index is 1.39. The van der Waals surface area contributed by atoms with Crippen molar-refractivity contribution in [1.82, 2.24) is 14.9 Å². The Kier molecular flexibility index (Phi) is 4.78. The number of piperazine rings is 1. The number of ether oxygens (including phenoxy) is 1. The van der Waals surface area contributed by atoms with Gasteiger partial charge in [-0.15, -0.1) is 0 Å². The molecule has 0 amide bonds. The van der Waals surface area contributed by atoms with E-state index in [9.17, 15) is 0 Å². The van der Waals surface area contributed by atoms with E-state index in [4.69, 9.17) is 14.7 Å². The van der Waals surface area contributed by atoms with Crippen molar-refractivity contribution in [2.24, 2.45) is 0 Å². The molecule has 3 aromatic rings. The number of thiophene rings is 1. The van der Waals surface area contributed by atoms with Crippen LogP contribution in [0.15, 0.2) is 41.1 Å². The molecule has 2 fully saturated rings. The zero-order valence-corrected chi connectivity index (χ0v) is 16.2. The molecule has 5 nitrogen and oxygen atoms in total. The van der Waals surface area contributed by atoms with E-state index >= 15 is 0 Å². The van der Waals surface area contributed by atoms with Crippen LogP contribution in [0.1, 0.15) is 12.8 Å². The molecule has 0 bridgehead atoms. The Hall–Kier alpha value is -2.02. The van der Waals surface area contributed by atoms with Gasteiger partial charge < -0.3 is 9.64 Å². The normalized spacial score (nSPS) is 21.2. The first-order valence-electron chi connectivity index (χ1n) is 9.75. The van der Waals surface area contributed by atoms with E-state index in [-0.39, 0.29) is 0 Å². The highest BCUT2D eigenvalue weighted by atomic mass is 32.1. The van der Waals surface area contributed by atoms with Gasteiger partial charge in [0.05, 0.1) is 11.6 Å². The van der Waals surface area contributed by atoms with Crippen LogP contribution in [-0.4, -0.2) is 60.3 Å². The molecular weight excluding hydrogens is 356 g/mol. The third kappa shape index (κ3) is 3.57. The lowest BCUT2D eigenvalue weighted by atomic mass is 10.2. The summed E-state index contributed by atoms with van der Waals surface area (Å²) >= 11 is 1.68. The molecule has 6 heteroatoms. The maximum atomic E-state index is 5.81. The van der Waals surface area contributed by atoms with Crippen LogP contribution < -0.4 is 4.90 Å². The second-order valence-corrected chi connectivity index (χ2v) is 8.10. The number of hydrogen-bond donors (Lipinski definition) is 0. The van der Waals surface area contributed by atoms with Crippen LogP contribution in [0.25, 0.3) is 22.3 Å². The monoisotopic (exact) mass is 380 g/mol. The van der Waals surface area contributed by atoms with Crippen molar-refractivity contribution in [2.45, 2.75) is 18.9 Å². The maximum absolute atomic E-state index is 5.81. The fourth-order valence-corrected chi connectivity index (χ4v) is 4.67. The maximum Gasteiger partial charge on any atom is 0.162 e. The molecule has 140 valence electrons. The third-order valence-electron chi connectivity index (χ3n) is 5.52. The number of rotatable bonds is 4. The quantitative estimate of drug-likeness (QED) is 0.691. The van der Waals surface area contributed by atoms with E-state index < -0.39 is 0 Å². The Morgan fingerprint density at radius 3 is 2.74 bits per heavy atom. The van der Waals surface area contributed by atoms with Crippen molar-refractivity contribution in [3.63, 3.8) is 0 Å². The van der Waals surface area contributed by atoms with Crippen LogP contribution in [0.5, 0.6) is 0 Å². The average molecular weight is 381 g/mol. The highest BCUT2D eigenvalue weighted by Gasteiger charge is 2.24. The Labute approximate surface area is 163 Å². The predicted octanol–water partition coefficient (Wildman–Crippen LogP) is 3.66. The molecule has 0 N–H and O–H groups in total. The number of fused-ring (bicyclic) bond motifs is 1. The van der Waals surface area contributed by atoms with Crippen molar-refractivity contribution >= 4 is 28.1 Å². The van der Waals surface area contributed by atoms with Crippen LogP contribution in [0.2, 0.25) is 0 Å². The molecule has 0 aliphatic carbocycles. The standard InChI is InChI=1S/C21H24N4OS/c1-2-6-19-18(5-1)21(23-20(22-19)16-7-13-27-15-16)25-10-8-24(9-11-25)14-17-4-3-12-26-17/h1-2,5-7,13,15,17H,3-4,8-12,14H2. The molecule has 2 aliphatic rings. The lowest BCUT2D eigenvalue weighted by Crippen LogP contribution is -2.48. The fourth-order valence-electron chi connectivity index (χ4n) is 4.04. The first-order chi connectivity index (χ1) is 13.4. The summed E-state index contributed by atoms with van der Waals surface area (Å²) < 4.78 is 5.81. The van der Waals surface area contributed by atoms with E-state index in [2.05, 4.69) is 50.9 Å². The van der Waals surface area contributed by atoms with E-state index in [1.165, 1.54) is 12.8 Å². The number of nitrogens with zero attached hydrogens (tertiary/aromatic N) is 4. The summed E-state index contributed by atoms with van der Waals surface area (Å²) in [4.78, 5) is 14.7. The van der Waals surface area contributed by atoms with Crippen molar-refractivity contribution in [3.05, 3.63) is 41.1 Å². The Bertz CT molecular complexity index is 900. The molecule has 1 atom stereocenters. The first-order valence-corrected chi connectivity index (χ1v) is 10.7. The van der Waals surface area contributed by atoms with Gasteiger partial charge in [-0.05, 0) is 36.4 Å². The molecular formula is C21H24N4OS. The zero-order valence-electron chi connectivity index (χ0n) is 15.4. The molecule has 2 aliphatic heterocycles. The van der Waals surface area contributed by atoms with Crippen LogP contribution >= 0.6 is 11.3 Å². The summed E-state index contributed by atoms with van der Waals surface area (Å²) in [5.74, 6) is 1.89. The largest absolute Gasteiger partial charge is 0.377 e. The highest BCUT2D eigenvalue weighted by molar-refractivity contribution is 7.08. The number of hydrogen-bond acceptors (Lipinski definition) is 6. The average Bonchev–Trinajstić information content (AvgIpc) is 3.42. The van der Waals surface area contributed by atoms with Gasteiger partial charge in [0.25, 0.3) is 0 Å². The summed E-state index contributed by atoms with van der Waals surface area (Å²) in [5, 5.41) is 5.34. The summed E-state index contributed by atoms with van der Waals surface area (Å²) in [6.45, 7) is 6.12. The molecule has 4 heterocycles. The van der Waals surface area contributed by atoms with Crippen molar-refractivity contribution in [2.75, 3.05) is 44.2 Å². The van der Waals surface area contributed by atoms with Gasteiger partial charge in [0, 0.05) is 55.7 Å². The molecule has 1 aromatic carbocycles. The minimum atomic E-state index is 0.432. The number of aromatic nitrogens is 2. The van der Waals surface area contributed by atoms with Crippen molar-refractivity contribution < 1.29 is 4.74 Å². The van der Waals surface area contributed by atoms with E-state index in [0.29, 0.717) is 6.10 Å². The van der Waals surface area contributed by atoms with E-state index in [1.807, 2.05) is 0 Å². The highest BCUT2D eigenvalue weighted by Crippen LogP contribution is 2.29. The summed E-state index contributed by atoms with van der Waals surface area (Å²) in [6.07, 6.45) is 2.85. The molecule has 0 radical (unpaired) electrons. The number of benzene rings is 1. The molecule has 0 spiro atoms. The van der Waals surface area contributed by atoms with Gasteiger partial charge in [0.15, 0.2) is 5.82 Å². The van der Waals surface area contributed by atoms with Gasteiger partial charge in [-0.1, -0.05) is 12.1 Å². The fraction of sp³-hybridized carbons (Fsp3) is 0.429. The first kappa shape index (κ1) is 17.1. The van der Waals surface area contributed by atoms with Crippen molar-refractivity contribution in [1.29, 1.82) is 0 Å². The third-order valence-corrected chi connectivity index (χ3v) is 6.20. The van der Waals surface area contributed by atoms with Gasteiger partial charge in [0.1, 0.15) is 5.82 Å². The summed E-state index contributed by atoms with van der Waals surface area (Å²) in [6, 6.07) is 10.5. The lowest BCUT2D eigenvalue weighted by Gasteiger charge is -2.36. The van der Waals surface area contributed by atoms with Gasteiger partial charge in [-0.2, -0.15) is 11.3 Å². The second kappa shape index (κ2) is 7.54.